The molecule has 1 unspecified atom stereocenters. The Hall–Kier alpha value is -2.76. The van der Waals surface area contributed by atoms with Gasteiger partial charge in [0, 0.05) is 31.4 Å². The summed E-state index contributed by atoms with van der Waals surface area (Å²) in [5, 5.41) is 3.00. The van der Waals surface area contributed by atoms with E-state index < -0.39 is 0 Å². The number of ether oxygens (including phenoxy) is 2. The summed E-state index contributed by atoms with van der Waals surface area (Å²) >= 11 is 0. The van der Waals surface area contributed by atoms with Crippen molar-refractivity contribution < 1.29 is 14.3 Å². The fourth-order valence-corrected chi connectivity index (χ4v) is 3.59. The van der Waals surface area contributed by atoms with Crippen LogP contribution >= 0.6 is 0 Å². The second-order valence-electron chi connectivity index (χ2n) is 7.29. The number of methoxy groups -OCH3 is 2. The largest absolute Gasteiger partial charge is 0.493 e. The summed E-state index contributed by atoms with van der Waals surface area (Å²) in [6.45, 7) is 4.81. The number of aromatic nitrogens is 1. The number of carbonyl (C=O) groups excluding carboxylic acids is 1. The molecule has 2 aromatic rings. The van der Waals surface area contributed by atoms with Gasteiger partial charge < -0.3 is 19.7 Å². The second-order valence-corrected chi connectivity index (χ2v) is 7.29. The second kappa shape index (κ2) is 9.44. The number of carbonyl (C=O) groups is 1. The van der Waals surface area contributed by atoms with Gasteiger partial charge in [0.15, 0.2) is 11.5 Å². The molecule has 1 aliphatic heterocycles. The van der Waals surface area contributed by atoms with Crippen LogP contribution in [0, 0.1) is 5.92 Å². The third kappa shape index (κ3) is 4.94. The monoisotopic (exact) mass is 383 g/mol. The predicted molar refractivity (Wildman–Crippen MR) is 110 cm³/mol. The summed E-state index contributed by atoms with van der Waals surface area (Å²) in [5.41, 5.74) is 1.73. The van der Waals surface area contributed by atoms with Crippen LogP contribution in [0.2, 0.25) is 0 Å². The average molecular weight is 383 g/mol. The Kier molecular flexibility index (Phi) is 6.74. The highest BCUT2D eigenvalue weighted by Gasteiger charge is 2.18. The molecule has 1 fully saturated rings. The van der Waals surface area contributed by atoms with Crippen molar-refractivity contribution in [3.05, 3.63) is 47.7 Å². The number of nitrogens with one attached hydrogen (secondary N) is 1. The van der Waals surface area contributed by atoms with E-state index in [1.54, 1.807) is 26.5 Å². The molecule has 150 valence electrons. The van der Waals surface area contributed by atoms with Crippen LogP contribution in [0.15, 0.2) is 36.5 Å². The fourth-order valence-electron chi connectivity index (χ4n) is 3.59. The zero-order valence-corrected chi connectivity index (χ0v) is 16.9. The SMILES string of the molecule is COc1ccc(CCNC(=O)c2ccnc(N3CCCC(C)C3)c2)cc1OC. The number of benzene rings is 1. The van der Waals surface area contributed by atoms with E-state index in [2.05, 4.69) is 22.1 Å². The maximum absolute atomic E-state index is 12.6. The molecule has 2 heterocycles. The van der Waals surface area contributed by atoms with Crippen LogP contribution in [0.3, 0.4) is 0 Å². The van der Waals surface area contributed by atoms with Gasteiger partial charge in [-0.25, -0.2) is 4.98 Å². The van der Waals surface area contributed by atoms with E-state index in [0.29, 0.717) is 35.9 Å². The Morgan fingerprint density at radius 2 is 2.04 bits per heavy atom. The van der Waals surface area contributed by atoms with E-state index in [-0.39, 0.29) is 5.91 Å². The summed E-state index contributed by atoms with van der Waals surface area (Å²) in [6, 6.07) is 9.46. The van der Waals surface area contributed by atoms with Crippen LogP contribution in [0.1, 0.15) is 35.7 Å². The molecule has 1 saturated heterocycles. The Labute approximate surface area is 166 Å². The van der Waals surface area contributed by atoms with Crippen molar-refractivity contribution in [1.29, 1.82) is 0 Å². The quantitative estimate of drug-likeness (QED) is 0.795. The van der Waals surface area contributed by atoms with Crippen molar-refractivity contribution in [1.82, 2.24) is 10.3 Å². The Morgan fingerprint density at radius 3 is 2.79 bits per heavy atom. The first-order valence-corrected chi connectivity index (χ1v) is 9.81. The van der Waals surface area contributed by atoms with Gasteiger partial charge in [-0.2, -0.15) is 0 Å². The van der Waals surface area contributed by atoms with Gasteiger partial charge in [-0.05, 0) is 55.0 Å². The van der Waals surface area contributed by atoms with Gasteiger partial charge in [-0.1, -0.05) is 13.0 Å². The molecule has 1 aromatic heterocycles. The van der Waals surface area contributed by atoms with Gasteiger partial charge in [0.05, 0.1) is 14.2 Å². The van der Waals surface area contributed by atoms with Gasteiger partial charge in [0.2, 0.25) is 0 Å². The highest BCUT2D eigenvalue weighted by Crippen LogP contribution is 2.27. The lowest BCUT2D eigenvalue weighted by atomic mass is 10.0. The first kappa shape index (κ1) is 20.0. The van der Waals surface area contributed by atoms with Crippen molar-refractivity contribution >= 4 is 11.7 Å². The number of anilines is 1. The van der Waals surface area contributed by atoms with Crippen molar-refractivity contribution in [3.63, 3.8) is 0 Å². The Balaban J connectivity index is 1.57. The van der Waals surface area contributed by atoms with E-state index in [1.807, 2.05) is 24.3 Å². The van der Waals surface area contributed by atoms with Gasteiger partial charge in [-0.3, -0.25) is 4.79 Å². The molecule has 1 amide bonds. The minimum Gasteiger partial charge on any atom is -0.493 e. The summed E-state index contributed by atoms with van der Waals surface area (Å²) in [4.78, 5) is 19.3. The number of amides is 1. The van der Waals surface area contributed by atoms with E-state index in [4.69, 9.17) is 9.47 Å². The molecule has 0 radical (unpaired) electrons. The van der Waals surface area contributed by atoms with Gasteiger partial charge in [0.25, 0.3) is 5.91 Å². The molecule has 6 nitrogen and oxygen atoms in total. The minimum absolute atomic E-state index is 0.0748. The van der Waals surface area contributed by atoms with Crippen LogP contribution in [0.4, 0.5) is 5.82 Å². The Bertz CT molecular complexity index is 809. The third-order valence-electron chi connectivity index (χ3n) is 5.14. The first-order chi connectivity index (χ1) is 13.6. The first-order valence-electron chi connectivity index (χ1n) is 9.81. The van der Waals surface area contributed by atoms with Gasteiger partial charge in [0.1, 0.15) is 5.82 Å². The van der Waals surface area contributed by atoms with Gasteiger partial charge in [-0.15, -0.1) is 0 Å². The average Bonchev–Trinajstić information content (AvgIpc) is 2.73. The van der Waals surface area contributed by atoms with E-state index in [9.17, 15) is 4.79 Å². The number of hydrogen-bond acceptors (Lipinski definition) is 5. The normalized spacial score (nSPS) is 16.5. The minimum atomic E-state index is -0.0748. The highest BCUT2D eigenvalue weighted by molar-refractivity contribution is 5.94. The molecule has 6 heteroatoms. The summed E-state index contributed by atoms with van der Waals surface area (Å²) in [5.74, 6) is 2.87. The molecule has 1 N–H and O–H groups in total. The Morgan fingerprint density at radius 1 is 1.21 bits per heavy atom. The maximum Gasteiger partial charge on any atom is 0.251 e. The van der Waals surface area contributed by atoms with Crippen molar-refractivity contribution in [2.24, 2.45) is 5.92 Å². The van der Waals surface area contributed by atoms with E-state index in [0.717, 1.165) is 24.5 Å². The summed E-state index contributed by atoms with van der Waals surface area (Å²) < 4.78 is 10.6. The number of rotatable bonds is 7. The molecule has 28 heavy (non-hydrogen) atoms. The smallest absolute Gasteiger partial charge is 0.251 e. The third-order valence-corrected chi connectivity index (χ3v) is 5.14. The highest BCUT2D eigenvalue weighted by atomic mass is 16.5. The zero-order valence-electron chi connectivity index (χ0n) is 16.9. The molecule has 1 aliphatic rings. The lowest BCUT2D eigenvalue weighted by molar-refractivity contribution is 0.0954. The lowest BCUT2D eigenvalue weighted by Gasteiger charge is -2.31. The molecule has 1 atom stereocenters. The summed E-state index contributed by atoms with van der Waals surface area (Å²) in [6.07, 6.45) is 4.86. The van der Waals surface area contributed by atoms with Crippen molar-refractivity contribution in [2.45, 2.75) is 26.2 Å². The molecular weight excluding hydrogens is 354 g/mol. The van der Waals surface area contributed by atoms with E-state index in [1.165, 1.54) is 12.8 Å². The molecule has 0 saturated carbocycles. The molecule has 0 aliphatic carbocycles. The molecule has 1 aromatic carbocycles. The number of piperidine rings is 1. The predicted octanol–water partition coefficient (Wildman–Crippen LogP) is 3.31. The standard InChI is InChI=1S/C22H29N3O3/c1-16-5-4-12-25(15-16)21-14-18(9-11-23-21)22(26)24-10-8-17-6-7-19(27-2)20(13-17)28-3/h6-7,9,11,13-14,16H,4-5,8,10,12,15H2,1-3H3,(H,24,26). The molecule has 0 bridgehead atoms. The van der Waals surface area contributed by atoms with Crippen LogP contribution in [0.5, 0.6) is 11.5 Å². The van der Waals surface area contributed by atoms with Crippen molar-refractivity contribution in [3.8, 4) is 11.5 Å². The molecular formula is C22H29N3O3. The van der Waals surface area contributed by atoms with E-state index >= 15 is 0 Å². The maximum atomic E-state index is 12.6. The summed E-state index contributed by atoms with van der Waals surface area (Å²) in [7, 11) is 3.23. The fraction of sp³-hybridized carbons (Fsp3) is 0.455. The topological polar surface area (TPSA) is 63.7 Å². The zero-order chi connectivity index (χ0) is 19.9. The van der Waals surface area contributed by atoms with Crippen LogP contribution in [-0.2, 0) is 6.42 Å². The lowest BCUT2D eigenvalue weighted by Crippen LogP contribution is -2.35. The molecule has 0 spiro atoms. The van der Waals surface area contributed by atoms with Crippen LogP contribution in [0.25, 0.3) is 0 Å². The van der Waals surface area contributed by atoms with Crippen LogP contribution < -0.4 is 19.7 Å². The molecule has 3 rings (SSSR count). The number of pyridine rings is 1. The van der Waals surface area contributed by atoms with Gasteiger partial charge >= 0.3 is 0 Å². The van der Waals surface area contributed by atoms with Crippen LogP contribution in [-0.4, -0.2) is 44.7 Å². The number of nitrogens with zero attached hydrogens (tertiary/aromatic N) is 2. The number of hydrogen-bond donors (Lipinski definition) is 1. The van der Waals surface area contributed by atoms with Crippen molar-refractivity contribution in [2.75, 3.05) is 38.8 Å².